The van der Waals surface area contributed by atoms with Crippen molar-refractivity contribution in [1.29, 1.82) is 0 Å². The van der Waals surface area contributed by atoms with Crippen molar-refractivity contribution >= 4 is 0 Å². The van der Waals surface area contributed by atoms with Gasteiger partial charge in [-0.1, -0.05) is 33.6 Å². The van der Waals surface area contributed by atoms with E-state index >= 15 is 0 Å². The first-order valence-electron chi connectivity index (χ1n) is 7.86. The Kier molecular flexibility index (Phi) is 4.84. The van der Waals surface area contributed by atoms with Gasteiger partial charge in [0.1, 0.15) is 5.82 Å². The Hall–Kier alpha value is -1.32. The fourth-order valence-electron chi connectivity index (χ4n) is 3.33. The van der Waals surface area contributed by atoms with Crippen LogP contribution < -0.4 is 5.56 Å². The maximum atomic E-state index is 12.1. The molecule has 112 valence electrons. The molecule has 1 aromatic rings. The molecule has 0 radical (unpaired) electrons. The first-order chi connectivity index (χ1) is 9.52. The molecular weight excluding hydrogens is 252 g/mol. The molecule has 0 atom stereocenters. The van der Waals surface area contributed by atoms with Crippen molar-refractivity contribution in [3.05, 3.63) is 21.7 Å². The van der Waals surface area contributed by atoms with Gasteiger partial charge in [-0.15, -0.1) is 0 Å². The highest BCUT2D eigenvalue weighted by atomic mass is 16.3. The SMILES string of the molecule is CCCC1CCC(c2nc(O)c(C(C)C)c(=O)[nH]2)CC1. The van der Waals surface area contributed by atoms with E-state index in [-0.39, 0.29) is 17.4 Å². The zero-order chi connectivity index (χ0) is 14.7. The van der Waals surface area contributed by atoms with Crippen LogP contribution in [0.5, 0.6) is 5.88 Å². The van der Waals surface area contributed by atoms with Gasteiger partial charge in [0.15, 0.2) is 0 Å². The summed E-state index contributed by atoms with van der Waals surface area (Å²) in [6.07, 6.45) is 7.08. The number of hydrogen-bond acceptors (Lipinski definition) is 3. The van der Waals surface area contributed by atoms with E-state index in [1.54, 1.807) is 0 Å². The minimum Gasteiger partial charge on any atom is -0.493 e. The van der Waals surface area contributed by atoms with Crippen molar-refractivity contribution in [2.45, 2.75) is 71.1 Å². The first kappa shape index (κ1) is 15.1. The van der Waals surface area contributed by atoms with Crippen LogP contribution in [0.1, 0.15) is 82.5 Å². The topological polar surface area (TPSA) is 66.0 Å². The lowest BCUT2D eigenvalue weighted by atomic mass is 9.80. The molecule has 2 N–H and O–H groups in total. The molecule has 0 aliphatic heterocycles. The zero-order valence-corrected chi connectivity index (χ0v) is 12.8. The van der Waals surface area contributed by atoms with Crippen LogP contribution >= 0.6 is 0 Å². The van der Waals surface area contributed by atoms with E-state index in [4.69, 9.17) is 0 Å². The minimum absolute atomic E-state index is 0.0133. The van der Waals surface area contributed by atoms with Crippen molar-refractivity contribution in [1.82, 2.24) is 9.97 Å². The third-order valence-corrected chi connectivity index (χ3v) is 4.46. The van der Waals surface area contributed by atoms with Crippen LogP contribution in [0.3, 0.4) is 0 Å². The second-order valence-corrected chi connectivity index (χ2v) is 6.35. The van der Waals surface area contributed by atoms with Gasteiger partial charge < -0.3 is 10.1 Å². The predicted octanol–water partition coefficient (Wildman–Crippen LogP) is 3.67. The van der Waals surface area contributed by atoms with E-state index in [2.05, 4.69) is 16.9 Å². The van der Waals surface area contributed by atoms with E-state index < -0.39 is 0 Å². The Bertz CT molecular complexity index is 500. The molecule has 2 rings (SSSR count). The van der Waals surface area contributed by atoms with Gasteiger partial charge in [0, 0.05) is 5.92 Å². The summed E-state index contributed by atoms with van der Waals surface area (Å²) in [7, 11) is 0. The summed E-state index contributed by atoms with van der Waals surface area (Å²) in [6.45, 7) is 6.01. The van der Waals surface area contributed by atoms with Crippen LogP contribution in [-0.4, -0.2) is 15.1 Å². The number of nitrogens with one attached hydrogen (secondary N) is 1. The Labute approximate surface area is 120 Å². The molecule has 0 amide bonds. The molecule has 4 nitrogen and oxygen atoms in total. The monoisotopic (exact) mass is 278 g/mol. The number of nitrogens with zero attached hydrogens (tertiary/aromatic N) is 1. The Balaban J connectivity index is 2.13. The number of rotatable bonds is 4. The van der Waals surface area contributed by atoms with Gasteiger partial charge in [-0.3, -0.25) is 4.79 Å². The maximum absolute atomic E-state index is 12.1. The van der Waals surface area contributed by atoms with Crippen LogP contribution in [0, 0.1) is 5.92 Å². The number of aromatic nitrogens is 2. The van der Waals surface area contributed by atoms with E-state index in [0.717, 1.165) is 18.8 Å². The van der Waals surface area contributed by atoms with Crippen LogP contribution in [-0.2, 0) is 0 Å². The Morgan fingerprint density at radius 3 is 2.45 bits per heavy atom. The lowest BCUT2D eigenvalue weighted by Crippen LogP contribution is -2.22. The molecule has 0 aromatic carbocycles. The average molecular weight is 278 g/mol. The highest BCUT2D eigenvalue weighted by Gasteiger charge is 2.25. The van der Waals surface area contributed by atoms with Gasteiger partial charge in [0.25, 0.3) is 5.56 Å². The van der Waals surface area contributed by atoms with Gasteiger partial charge >= 0.3 is 0 Å². The minimum atomic E-state index is -0.182. The molecule has 20 heavy (non-hydrogen) atoms. The molecule has 0 bridgehead atoms. The molecule has 1 fully saturated rings. The van der Waals surface area contributed by atoms with Crippen LogP contribution in [0.25, 0.3) is 0 Å². The fraction of sp³-hybridized carbons (Fsp3) is 0.750. The molecule has 0 saturated heterocycles. The summed E-state index contributed by atoms with van der Waals surface area (Å²) in [5, 5.41) is 9.98. The number of aromatic hydroxyl groups is 1. The van der Waals surface area contributed by atoms with Crippen molar-refractivity contribution in [3.8, 4) is 5.88 Å². The molecule has 1 aliphatic carbocycles. The molecule has 0 unspecified atom stereocenters. The molecule has 4 heteroatoms. The second kappa shape index (κ2) is 6.42. The summed E-state index contributed by atoms with van der Waals surface area (Å²) >= 11 is 0. The van der Waals surface area contributed by atoms with E-state index in [0.29, 0.717) is 17.3 Å². The molecule has 1 aliphatic rings. The number of H-pyrrole nitrogens is 1. The lowest BCUT2D eigenvalue weighted by Gasteiger charge is -2.27. The highest BCUT2D eigenvalue weighted by Crippen LogP contribution is 2.36. The van der Waals surface area contributed by atoms with Crippen LogP contribution in [0.15, 0.2) is 4.79 Å². The maximum Gasteiger partial charge on any atom is 0.258 e. The Morgan fingerprint density at radius 2 is 1.95 bits per heavy atom. The zero-order valence-electron chi connectivity index (χ0n) is 12.8. The van der Waals surface area contributed by atoms with Crippen molar-refractivity contribution in [3.63, 3.8) is 0 Å². The fourth-order valence-corrected chi connectivity index (χ4v) is 3.33. The standard InChI is InChI=1S/C16H26N2O2/c1-4-5-11-6-8-12(9-7-11)14-17-15(19)13(10(2)3)16(20)18-14/h10-12H,4-9H2,1-3H3,(H2,17,18,19,20). The quantitative estimate of drug-likeness (QED) is 0.883. The number of hydrogen-bond donors (Lipinski definition) is 2. The van der Waals surface area contributed by atoms with Crippen LogP contribution in [0.2, 0.25) is 0 Å². The van der Waals surface area contributed by atoms with Gasteiger partial charge in [-0.2, -0.15) is 4.98 Å². The van der Waals surface area contributed by atoms with Gasteiger partial charge in [-0.05, 0) is 37.5 Å². The lowest BCUT2D eigenvalue weighted by molar-refractivity contribution is 0.300. The van der Waals surface area contributed by atoms with E-state index in [1.165, 1.54) is 25.7 Å². The van der Waals surface area contributed by atoms with Crippen molar-refractivity contribution in [2.24, 2.45) is 5.92 Å². The molecule has 1 aromatic heterocycles. The summed E-state index contributed by atoms with van der Waals surface area (Å²) in [6, 6.07) is 0. The predicted molar refractivity (Wildman–Crippen MR) is 80.2 cm³/mol. The third kappa shape index (κ3) is 3.22. The molecule has 1 saturated carbocycles. The largest absolute Gasteiger partial charge is 0.493 e. The van der Waals surface area contributed by atoms with E-state index in [1.807, 2.05) is 13.8 Å². The summed E-state index contributed by atoms with van der Waals surface area (Å²) in [5.41, 5.74) is 0.214. The third-order valence-electron chi connectivity index (χ3n) is 4.46. The Morgan fingerprint density at radius 1 is 1.30 bits per heavy atom. The molecule has 0 spiro atoms. The van der Waals surface area contributed by atoms with Crippen molar-refractivity contribution in [2.75, 3.05) is 0 Å². The highest BCUT2D eigenvalue weighted by molar-refractivity contribution is 5.26. The number of aromatic amines is 1. The summed E-state index contributed by atoms with van der Waals surface area (Å²) < 4.78 is 0. The van der Waals surface area contributed by atoms with Crippen LogP contribution in [0.4, 0.5) is 0 Å². The average Bonchev–Trinajstić information content (AvgIpc) is 2.38. The van der Waals surface area contributed by atoms with E-state index in [9.17, 15) is 9.90 Å². The van der Waals surface area contributed by atoms with Crippen molar-refractivity contribution < 1.29 is 5.11 Å². The van der Waals surface area contributed by atoms with Gasteiger partial charge in [0.05, 0.1) is 5.56 Å². The van der Waals surface area contributed by atoms with Gasteiger partial charge in [0.2, 0.25) is 5.88 Å². The summed E-state index contributed by atoms with van der Waals surface area (Å²) in [4.78, 5) is 19.2. The smallest absolute Gasteiger partial charge is 0.258 e. The molecule has 1 heterocycles. The van der Waals surface area contributed by atoms with Gasteiger partial charge in [-0.25, -0.2) is 0 Å². The molecular formula is C16H26N2O2. The normalized spacial score (nSPS) is 23.2. The summed E-state index contributed by atoms with van der Waals surface area (Å²) in [5.74, 6) is 1.69. The first-order valence-corrected chi connectivity index (χ1v) is 7.86. The second-order valence-electron chi connectivity index (χ2n) is 6.35.